The lowest BCUT2D eigenvalue weighted by molar-refractivity contribution is 0.204. The van der Waals surface area contributed by atoms with Crippen molar-refractivity contribution in [2.24, 2.45) is 0 Å². The second-order valence-corrected chi connectivity index (χ2v) is 6.80. The van der Waals surface area contributed by atoms with Crippen LogP contribution in [-0.4, -0.2) is 45.9 Å². The molecule has 1 fully saturated rings. The van der Waals surface area contributed by atoms with Crippen molar-refractivity contribution in [3.63, 3.8) is 0 Å². The minimum atomic E-state index is 0.655. The smallest absolute Gasteiger partial charge is 0.0795 e. The van der Waals surface area contributed by atoms with Crippen LogP contribution in [0.2, 0.25) is 0 Å². The van der Waals surface area contributed by atoms with Gasteiger partial charge in [-0.3, -0.25) is 14.8 Å². The van der Waals surface area contributed by atoms with Gasteiger partial charge >= 0.3 is 0 Å². The Balaban J connectivity index is 1.51. The van der Waals surface area contributed by atoms with Gasteiger partial charge in [0, 0.05) is 37.3 Å². The Kier molecular flexibility index (Phi) is 5.53. The Morgan fingerprint density at radius 1 is 1.23 bits per heavy atom. The highest BCUT2D eigenvalue weighted by Gasteiger charge is 2.21. The third-order valence-electron chi connectivity index (χ3n) is 4.42. The van der Waals surface area contributed by atoms with E-state index in [1.165, 1.54) is 31.5 Å². The molecule has 3 heterocycles. The van der Waals surface area contributed by atoms with Crippen LogP contribution in [0.25, 0.3) is 0 Å². The van der Waals surface area contributed by atoms with Crippen LogP contribution >= 0.6 is 11.3 Å². The number of hydrogen-bond acceptors (Lipinski definition) is 5. The molecule has 0 saturated carbocycles. The molecule has 0 aliphatic carbocycles. The number of thiazole rings is 1. The molecule has 0 amide bonds. The minimum Gasteiger partial charge on any atom is -0.298 e. The summed E-state index contributed by atoms with van der Waals surface area (Å²) in [6.45, 7) is 4.29. The first-order chi connectivity index (χ1) is 10.8. The SMILES string of the molecule is CN(Cc1ccccn1)[C@@H]1CCCN(Cc2cscn2)CC1. The Morgan fingerprint density at radius 3 is 2.95 bits per heavy atom. The predicted octanol–water partition coefficient (Wildman–Crippen LogP) is 3.02. The zero-order valence-electron chi connectivity index (χ0n) is 13.2. The third kappa shape index (κ3) is 4.35. The number of rotatable bonds is 5. The van der Waals surface area contributed by atoms with E-state index in [2.05, 4.69) is 44.3 Å². The average molecular weight is 316 g/mol. The molecule has 0 bridgehead atoms. The van der Waals surface area contributed by atoms with Crippen molar-refractivity contribution >= 4 is 11.3 Å². The molecule has 5 heteroatoms. The topological polar surface area (TPSA) is 32.3 Å². The van der Waals surface area contributed by atoms with Crippen molar-refractivity contribution in [2.75, 3.05) is 20.1 Å². The van der Waals surface area contributed by atoms with Gasteiger partial charge in [0.1, 0.15) is 0 Å². The molecule has 118 valence electrons. The quantitative estimate of drug-likeness (QED) is 0.849. The molecule has 2 aromatic rings. The summed E-state index contributed by atoms with van der Waals surface area (Å²) in [5.74, 6) is 0. The number of nitrogens with zero attached hydrogens (tertiary/aromatic N) is 4. The van der Waals surface area contributed by atoms with Crippen LogP contribution in [0.3, 0.4) is 0 Å². The summed E-state index contributed by atoms with van der Waals surface area (Å²) in [5.41, 5.74) is 4.30. The summed E-state index contributed by atoms with van der Waals surface area (Å²) in [6.07, 6.45) is 5.65. The highest BCUT2D eigenvalue weighted by Crippen LogP contribution is 2.19. The summed E-state index contributed by atoms with van der Waals surface area (Å²) in [7, 11) is 2.23. The van der Waals surface area contributed by atoms with Crippen LogP contribution in [0.5, 0.6) is 0 Å². The highest BCUT2D eigenvalue weighted by atomic mass is 32.1. The summed E-state index contributed by atoms with van der Waals surface area (Å²) in [6, 6.07) is 6.81. The maximum Gasteiger partial charge on any atom is 0.0795 e. The Hall–Kier alpha value is -1.30. The van der Waals surface area contributed by atoms with E-state index in [1.54, 1.807) is 11.3 Å². The van der Waals surface area contributed by atoms with Gasteiger partial charge in [-0.25, -0.2) is 4.98 Å². The monoisotopic (exact) mass is 316 g/mol. The largest absolute Gasteiger partial charge is 0.298 e. The van der Waals surface area contributed by atoms with Crippen molar-refractivity contribution in [1.82, 2.24) is 19.8 Å². The van der Waals surface area contributed by atoms with Crippen molar-refractivity contribution in [2.45, 2.75) is 38.4 Å². The van der Waals surface area contributed by atoms with Crippen LogP contribution in [0, 0.1) is 0 Å². The van der Waals surface area contributed by atoms with E-state index in [-0.39, 0.29) is 0 Å². The van der Waals surface area contributed by atoms with Crippen molar-refractivity contribution in [3.05, 3.63) is 46.7 Å². The Labute approximate surface area is 136 Å². The first-order valence-corrected chi connectivity index (χ1v) is 8.95. The van der Waals surface area contributed by atoms with Crippen LogP contribution in [-0.2, 0) is 13.1 Å². The molecule has 3 rings (SSSR count). The molecular weight excluding hydrogens is 292 g/mol. The summed E-state index contributed by atoms with van der Waals surface area (Å²) in [5, 5.41) is 2.16. The molecule has 2 aromatic heterocycles. The molecule has 4 nitrogen and oxygen atoms in total. The fourth-order valence-corrected chi connectivity index (χ4v) is 3.71. The molecule has 1 aliphatic rings. The fourth-order valence-electron chi connectivity index (χ4n) is 3.16. The molecule has 22 heavy (non-hydrogen) atoms. The van der Waals surface area contributed by atoms with Gasteiger partial charge in [-0.2, -0.15) is 0 Å². The van der Waals surface area contributed by atoms with Gasteiger partial charge in [-0.1, -0.05) is 6.07 Å². The second kappa shape index (κ2) is 7.81. The molecule has 0 spiro atoms. The minimum absolute atomic E-state index is 0.655. The standard InChI is InChI=1S/C17H24N4S/c1-20(11-15-5-2-3-8-18-15)17-6-4-9-21(10-7-17)12-16-13-22-14-19-16/h2-3,5,8,13-14,17H,4,6-7,9-12H2,1H3/t17-/m1/s1. The Bertz CT molecular complexity index is 543. The van der Waals surface area contributed by atoms with E-state index in [0.717, 1.165) is 25.3 Å². The lowest BCUT2D eigenvalue weighted by atomic mass is 10.1. The molecule has 1 aliphatic heterocycles. The van der Waals surface area contributed by atoms with Crippen molar-refractivity contribution in [3.8, 4) is 0 Å². The number of aromatic nitrogens is 2. The van der Waals surface area contributed by atoms with Gasteiger partial charge in [0.05, 0.1) is 16.9 Å². The van der Waals surface area contributed by atoms with Gasteiger partial charge in [0.25, 0.3) is 0 Å². The average Bonchev–Trinajstić information content (AvgIpc) is 2.92. The van der Waals surface area contributed by atoms with E-state index >= 15 is 0 Å². The second-order valence-electron chi connectivity index (χ2n) is 6.08. The van der Waals surface area contributed by atoms with E-state index in [1.807, 2.05) is 17.8 Å². The maximum atomic E-state index is 4.44. The molecule has 0 unspecified atom stereocenters. The van der Waals surface area contributed by atoms with Crippen LogP contribution < -0.4 is 0 Å². The molecular formula is C17H24N4S. The van der Waals surface area contributed by atoms with Gasteiger partial charge in [0.2, 0.25) is 0 Å². The molecule has 0 N–H and O–H groups in total. The maximum absolute atomic E-state index is 4.44. The molecule has 0 radical (unpaired) electrons. The molecule has 1 atom stereocenters. The van der Waals surface area contributed by atoms with Crippen LogP contribution in [0.4, 0.5) is 0 Å². The lowest BCUT2D eigenvalue weighted by Crippen LogP contribution is -2.32. The van der Waals surface area contributed by atoms with Crippen molar-refractivity contribution in [1.29, 1.82) is 0 Å². The zero-order valence-corrected chi connectivity index (χ0v) is 14.0. The predicted molar refractivity (Wildman–Crippen MR) is 90.7 cm³/mol. The third-order valence-corrected chi connectivity index (χ3v) is 5.06. The van der Waals surface area contributed by atoms with E-state index in [9.17, 15) is 0 Å². The molecule has 1 saturated heterocycles. The zero-order chi connectivity index (χ0) is 15.2. The first-order valence-electron chi connectivity index (χ1n) is 8.01. The number of likely N-dealkylation sites (tertiary alicyclic amines) is 1. The first kappa shape index (κ1) is 15.6. The Morgan fingerprint density at radius 2 is 2.18 bits per heavy atom. The lowest BCUT2D eigenvalue weighted by Gasteiger charge is -2.27. The van der Waals surface area contributed by atoms with Gasteiger partial charge in [-0.05, 0) is 45.0 Å². The van der Waals surface area contributed by atoms with E-state index in [0.29, 0.717) is 6.04 Å². The van der Waals surface area contributed by atoms with Crippen molar-refractivity contribution < 1.29 is 0 Å². The van der Waals surface area contributed by atoms with Crippen LogP contribution in [0.15, 0.2) is 35.3 Å². The summed E-state index contributed by atoms with van der Waals surface area (Å²) < 4.78 is 0. The highest BCUT2D eigenvalue weighted by molar-refractivity contribution is 7.07. The normalized spacial score (nSPS) is 20.2. The van der Waals surface area contributed by atoms with E-state index in [4.69, 9.17) is 0 Å². The fraction of sp³-hybridized carbons (Fsp3) is 0.529. The van der Waals surface area contributed by atoms with Gasteiger partial charge < -0.3 is 0 Å². The summed E-state index contributed by atoms with van der Waals surface area (Å²) in [4.78, 5) is 13.9. The number of hydrogen-bond donors (Lipinski definition) is 0. The van der Waals surface area contributed by atoms with Crippen LogP contribution in [0.1, 0.15) is 30.7 Å². The van der Waals surface area contributed by atoms with Gasteiger partial charge in [-0.15, -0.1) is 11.3 Å². The van der Waals surface area contributed by atoms with Gasteiger partial charge in [0.15, 0.2) is 0 Å². The molecule has 0 aromatic carbocycles. The van der Waals surface area contributed by atoms with E-state index < -0.39 is 0 Å². The summed E-state index contributed by atoms with van der Waals surface area (Å²) >= 11 is 1.69. The number of pyridine rings is 1.